The molecule has 3 aromatic rings. The Balaban J connectivity index is 1.27. The van der Waals surface area contributed by atoms with Crippen LogP contribution in [0.2, 0.25) is 0 Å². The second-order valence-electron chi connectivity index (χ2n) is 7.21. The lowest BCUT2D eigenvalue weighted by Gasteiger charge is -2.33. The maximum Gasteiger partial charge on any atom is 0.158 e. The van der Waals surface area contributed by atoms with E-state index in [0.29, 0.717) is 26.1 Å². The second kappa shape index (κ2) is 6.58. The van der Waals surface area contributed by atoms with E-state index in [9.17, 15) is 4.39 Å². The van der Waals surface area contributed by atoms with Gasteiger partial charge in [-0.1, -0.05) is 5.16 Å². The highest BCUT2D eigenvalue weighted by molar-refractivity contribution is 5.87. The van der Waals surface area contributed by atoms with Crippen LogP contribution < -0.4 is 10.2 Å². The number of rotatable bonds is 6. The number of halogens is 1. The SMILES string of the molecule is FC1(CCNCc2noc3c2CN(c2ncnc4[nH]ccc24)CC3)COC1. The van der Waals surface area contributed by atoms with Crippen LogP contribution in [0.5, 0.6) is 0 Å². The summed E-state index contributed by atoms with van der Waals surface area (Å²) in [7, 11) is 0. The molecule has 5 rings (SSSR count). The van der Waals surface area contributed by atoms with Gasteiger partial charge in [-0.2, -0.15) is 0 Å². The highest BCUT2D eigenvalue weighted by Gasteiger charge is 2.38. The fraction of sp³-hybridized carbons (Fsp3) is 0.500. The molecule has 0 unspecified atom stereocenters. The predicted molar refractivity (Wildman–Crippen MR) is 96.1 cm³/mol. The van der Waals surface area contributed by atoms with Crippen LogP contribution in [0.1, 0.15) is 23.4 Å². The van der Waals surface area contributed by atoms with Gasteiger partial charge in [-0.15, -0.1) is 0 Å². The Morgan fingerprint density at radius 1 is 1.33 bits per heavy atom. The smallest absolute Gasteiger partial charge is 0.158 e. The summed E-state index contributed by atoms with van der Waals surface area (Å²) in [6, 6.07) is 1.99. The minimum Gasteiger partial charge on any atom is -0.375 e. The van der Waals surface area contributed by atoms with E-state index in [1.807, 2.05) is 12.3 Å². The van der Waals surface area contributed by atoms with Crippen LogP contribution in [0.25, 0.3) is 11.0 Å². The number of aromatic nitrogens is 4. The molecule has 142 valence electrons. The van der Waals surface area contributed by atoms with Crippen molar-refractivity contribution < 1.29 is 13.7 Å². The van der Waals surface area contributed by atoms with Crippen molar-refractivity contribution in [3.05, 3.63) is 35.6 Å². The summed E-state index contributed by atoms with van der Waals surface area (Å²) in [5, 5.41) is 8.51. The number of nitrogens with zero attached hydrogens (tertiary/aromatic N) is 4. The Bertz CT molecular complexity index is 950. The topological polar surface area (TPSA) is 92.1 Å². The fourth-order valence-corrected chi connectivity index (χ4v) is 3.68. The van der Waals surface area contributed by atoms with Crippen molar-refractivity contribution in [3.63, 3.8) is 0 Å². The molecule has 8 nitrogen and oxygen atoms in total. The monoisotopic (exact) mass is 372 g/mol. The first-order valence-electron chi connectivity index (χ1n) is 9.19. The molecule has 0 aliphatic carbocycles. The molecule has 27 heavy (non-hydrogen) atoms. The number of hydrogen-bond donors (Lipinski definition) is 2. The van der Waals surface area contributed by atoms with Crippen LogP contribution in [0.3, 0.4) is 0 Å². The minimum atomic E-state index is -1.16. The maximum atomic E-state index is 14.0. The number of hydrogen-bond acceptors (Lipinski definition) is 7. The first kappa shape index (κ1) is 16.6. The van der Waals surface area contributed by atoms with Crippen LogP contribution in [0, 0.1) is 0 Å². The van der Waals surface area contributed by atoms with Crippen LogP contribution >= 0.6 is 0 Å². The van der Waals surface area contributed by atoms with E-state index in [-0.39, 0.29) is 13.2 Å². The Labute approximate surface area is 155 Å². The van der Waals surface area contributed by atoms with Crippen LogP contribution in [0.15, 0.2) is 23.1 Å². The zero-order valence-corrected chi connectivity index (χ0v) is 14.9. The summed E-state index contributed by atoms with van der Waals surface area (Å²) in [5.41, 5.74) is 1.64. The van der Waals surface area contributed by atoms with E-state index in [1.54, 1.807) is 6.33 Å². The standard InChI is InChI=1S/C18H21FN6O2/c19-18(9-26-10-18)3-5-20-7-14-13-8-25(6-2-15(13)27-24-14)17-12-1-4-21-16(12)22-11-23-17/h1,4,11,20H,2-3,5-10H2,(H,21,22,23). The average Bonchev–Trinajstić information content (AvgIpc) is 3.30. The number of H-pyrrole nitrogens is 1. The van der Waals surface area contributed by atoms with E-state index < -0.39 is 5.67 Å². The summed E-state index contributed by atoms with van der Waals surface area (Å²) in [4.78, 5) is 14.1. The van der Waals surface area contributed by atoms with Crippen molar-refractivity contribution in [1.82, 2.24) is 25.4 Å². The fourth-order valence-electron chi connectivity index (χ4n) is 3.68. The van der Waals surface area contributed by atoms with Crippen molar-refractivity contribution in [1.29, 1.82) is 0 Å². The van der Waals surface area contributed by atoms with Gasteiger partial charge in [0.2, 0.25) is 0 Å². The van der Waals surface area contributed by atoms with Crippen molar-refractivity contribution in [2.75, 3.05) is 31.2 Å². The highest BCUT2D eigenvalue weighted by atomic mass is 19.1. The summed E-state index contributed by atoms with van der Waals surface area (Å²) >= 11 is 0. The number of aromatic amines is 1. The molecule has 2 aliphatic rings. The first-order valence-corrected chi connectivity index (χ1v) is 9.19. The van der Waals surface area contributed by atoms with Crippen molar-refractivity contribution >= 4 is 16.9 Å². The van der Waals surface area contributed by atoms with E-state index in [2.05, 4.69) is 30.3 Å². The summed E-state index contributed by atoms with van der Waals surface area (Å²) in [6.45, 7) is 3.06. The number of ether oxygens (including phenoxy) is 1. The zero-order chi connectivity index (χ0) is 18.3. The van der Waals surface area contributed by atoms with Gasteiger partial charge in [0.1, 0.15) is 29.2 Å². The number of fused-ring (bicyclic) bond motifs is 2. The van der Waals surface area contributed by atoms with E-state index in [4.69, 9.17) is 9.26 Å². The summed E-state index contributed by atoms with van der Waals surface area (Å²) in [5.74, 6) is 1.84. The molecule has 5 heterocycles. The number of nitrogens with one attached hydrogen (secondary N) is 2. The quantitative estimate of drug-likeness (QED) is 0.637. The molecular formula is C18H21FN6O2. The lowest BCUT2D eigenvalue weighted by Crippen LogP contribution is -2.47. The van der Waals surface area contributed by atoms with Gasteiger partial charge in [0.05, 0.1) is 18.6 Å². The molecular weight excluding hydrogens is 351 g/mol. The lowest BCUT2D eigenvalue weighted by molar-refractivity contribution is -0.132. The molecule has 0 atom stereocenters. The largest absolute Gasteiger partial charge is 0.375 e. The Kier molecular flexibility index (Phi) is 4.05. The summed E-state index contributed by atoms with van der Waals surface area (Å²) in [6.07, 6.45) is 4.68. The van der Waals surface area contributed by atoms with Gasteiger partial charge in [-0.3, -0.25) is 0 Å². The van der Waals surface area contributed by atoms with E-state index >= 15 is 0 Å². The zero-order valence-electron chi connectivity index (χ0n) is 14.9. The molecule has 0 aromatic carbocycles. The predicted octanol–water partition coefficient (Wildman–Crippen LogP) is 1.73. The van der Waals surface area contributed by atoms with Gasteiger partial charge in [0.25, 0.3) is 0 Å². The Morgan fingerprint density at radius 2 is 2.26 bits per heavy atom. The van der Waals surface area contributed by atoms with E-state index in [0.717, 1.165) is 46.8 Å². The third-order valence-corrected chi connectivity index (χ3v) is 5.30. The maximum absolute atomic E-state index is 14.0. The molecule has 3 aromatic heterocycles. The molecule has 1 saturated heterocycles. The van der Waals surface area contributed by atoms with Crippen LogP contribution in [0.4, 0.5) is 10.2 Å². The van der Waals surface area contributed by atoms with E-state index in [1.165, 1.54) is 0 Å². The Hall–Kier alpha value is -2.52. The molecule has 0 saturated carbocycles. The third kappa shape index (κ3) is 3.06. The minimum absolute atomic E-state index is 0.204. The lowest BCUT2D eigenvalue weighted by atomic mass is 10.0. The molecule has 0 spiro atoms. The molecule has 0 bridgehead atoms. The highest BCUT2D eigenvalue weighted by Crippen LogP contribution is 2.29. The molecule has 2 aliphatic heterocycles. The summed E-state index contributed by atoms with van der Waals surface area (Å²) < 4.78 is 24.4. The van der Waals surface area contributed by atoms with Gasteiger partial charge in [-0.25, -0.2) is 14.4 Å². The van der Waals surface area contributed by atoms with Gasteiger partial charge in [0, 0.05) is 37.8 Å². The van der Waals surface area contributed by atoms with Crippen molar-refractivity contribution in [2.24, 2.45) is 0 Å². The van der Waals surface area contributed by atoms with Crippen molar-refractivity contribution in [3.8, 4) is 0 Å². The molecule has 9 heteroatoms. The van der Waals surface area contributed by atoms with Crippen molar-refractivity contribution in [2.45, 2.75) is 31.6 Å². The second-order valence-corrected chi connectivity index (χ2v) is 7.21. The number of anilines is 1. The van der Waals surface area contributed by atoms with Gasteiger partial charge in [0.15, 0.2) is 5.67 Å². The van der Waals surface area contributed by atoms with Gasteiger partial charge < -0.3 is 24.5 Å². The van der Waals surface area contributed by atoms with Crippen LogP contribution in [-0.2, 0) is 24.2 Å². The molecule has 2 N–H and O–H groups in total. The van der Waals surface area contributed by atoms with Gasteiger partial charge >= 0.3 is 0 Å². The first-order chi connectivity index (χ1) is 13.2. The van der Waals surface area contributed by atoms with Crippen LogP contribution in [-0.4, -0.2) is 52.1 Å². The van der Waals surface area contributed by atoms with Gasteiger partial charge in [-0.05, 0) is 19.0 Å². The molecule has 0 radical (unpaired) electrons. The molecule has 1 fully saturated rings. The molecule has 0 amide bonds. The Morgan fingerprint density at radius 3 is 3.11 bits per heavy atom. The normalized spacial score (nSPS) is 18.5. The average molecular weight is 372 g/mol. The third-order valence-electron chi connectivity index (χ3n) is 5.30. The number of alkyl halides is 1.